The van der Waals surface area contributed by atoms with Gasteiger partial charge in [-0.15, -0.1) is 0 Å². The molecule has 3 unspecified atom stereocenters. The van der Waals surface area contributed by atoms with Crippen LogP contribution in [0.15, 0.2) is 85.1 Å². The number of nitrogens with one attached hydrogen (secondary N) is 1. The predicted octanol–water partition coefficient (Wildman–Crippen LogP) is 16.3. The van der Waals surface area contributed by atoms with Gasteiger partial charge in [-0.3, -0.25) is 9.59 Å². The monoisotopic (exact) mass is 892 g/mol. The molecular formula is C58H101NO5. The molecule has 0 aromatic heterocycles. The summed E-state index contributed by atoms with van der Waals surface area (Å²) in [6.45, 7) is 6.39. The minimum absolute atomic E-state index is 0.0109. The van der Waals surface area contributed by atoms with Crippen molar-refractivity contribution in [2.24, 2.45) is 0 Å². The second kappa shape index (κ2) is 51.0. The first kappa shape index (κ1) is 61.0. The minimum Gasteiger partial charge on any atom is -0.461 e. The van der Waals surface area contributed by atoms with Gasteiger partial charge in [-0.2, -0.15) is 0 Å². The number of amides is 1. The van der Waals surface area contributed by atoms with Crippen LogP contribution in [-0.4, -0.2) is 46.9 Å². The molecule has 0 aliphatic carbocycles. The Bertz CT molecular complexity index is 1230. The highest BCUT2D eigenvalue weighted by atomic mass is 16.5. The molecule has 0 aromatic rings. The molecule has 0 aliphatic rings. The minimum atomic E-state index is -0.819. The number of carbonyl (C=O) groups is 2. The van der Waals surface area contributed by atoms with Gasteiger partial charge in [0.25, 0.3) is 0 Å². The number of esters is 1. The van der Waals surface area contributed by atoms with Gasteiger partial charge in [-0.1, -0.05) is 228 Å². The Balaban J connectivity index is 4.75. The van der Waals surface area contributed by atoms with Gasteiger partial charge in [0.2, 0.25) is 5.91 Å². The first-order chi connectivity index (χ1) is 31.5. The maximum Gasteiger partial charge on any atom is 0.306 e. The SMILES string of the molecule is CCCCC/C=C\C/C=C\C/C=C\C/C=C\CC(CC(=O)NC(CO)C(O)CCCCCCCCCCCCCCC)OC(=O)CCCCCC/C=C\C/C=C\C/C=C\CCCCC. The second-order valence-electron chi connectivity index (χ2n) is 17.9. The molecular weight excluding hydrogens is 791 g/mol. The number of aliphatic hydroxyl groups is 2. The van der Waals surface area contributed by atoms with E-state index in [1.807, 2.05) is 12.2 Å². The summed E-state index contributed by atoms with van der Waals surface area (Å²) in [7, 11) is 0. The van der Waals surface area contributed by atoms with E-state index in [0.717, 1.165) is 83.5 Å². The van der Waals surface area contributed by atoms with Crippen LogP contribution in [0.4, 0.5) is 0 Å². The lowest BCUT2D eigenvalue weighted by molar-refractivity contribution is -0.150. The molecule has 0 rings (SSSR count). The number of allylic oxidation sites excluding steroid dienone is 13. The zero-order chi connectivity index (χ0) is 46.7. The summed E-state index contributed by atoms with van der Waals surface area (Å²) in [4.78, 5) is 26.1. The predicted molar refractivity (Wildman–Crippen MR) is 278 cm³/mol. The lowest BCUT2D eigenvalue weighted by Crippen LogP contribution is -2.46. The van der Waals surface area contributed by atoms with Gasteiger partial charge < -0.3 is 20.3 Å². The van der Waals surface area contributed by atoms with E-state index in [2.05, 4.69) is 99.0 Å². The van der Waals surface area contributed by atoms with Crippen molar-refractivity contribution in [1.29, 1.82) is 0 Å². The first-order valence-corrected chi connectivity index (χ1v) is 26.8. The third-order valence-electron chi connectivity index (χ3n) is 11.7. The van der Waals surface area contributed by atoms with E-state index >= 15 is 0 Å². The van der Waals surface area contributed by atoms with E-state index in [1.54, 1.807) is 0 Å². The molecule has 0 aromatic carbocycles. The van der Waals surface area contributed by atoms with Crippen LogP contribution in [0.1, 0.15) is 245 Å². The second-order valence-corrected chi connectivity index (χ2v) is 17.9. The Kier molecular flexibility index (Phi) is 48.7. The van der Waals surface area contributed by atoms with Crippen molar-refractivity contribution in [2.45, 2.75) is 264 Å². The summed E-state index contributed by atoms with van der Waals surface area (Å²) in [6, 6.07) is -0.739. The van der Waals surface area contributed by atoms with Crippen LogP contribution < -0.4 is 5.32 Å². The molecule has 3 atom stereocenters. The number of unbranched alkanes of at least 4 members (excludes halogenated alkanes) is 22. The quantitative estimate of drug-likeness (QED) is 0.0321. The van der Waals surface area contributed by atoms with E-state index in [0.29, 0.717) is 19.3 Å². The van der Waals surface area contributed by atoms with E-state index < -0.39 is 18.2 Å². The average molecular weight is 892 g/mol. The average Bonchev–Trinajstić information content (AvgIpc) is 3.29. The molecule has 3 N–H and O–H groups in total. The molecule has 0 saturated carbocycles. The lowest BCUT2D eigenvalue weighted by atomic mass is 10.0. The van der Waals surface area contributed by atoms with E-state index in [4.69, 9.17) is 4.74 Å². The number of rotatable bonds is 47. The van der Waals surface area contributed by atoms with Crippen LogP contribution >= 0.6 is 0 Å². The smallest absolute Gasteiger partial charge is 0.306 e. The molecule has 0 saturated heterocycles. The lowest BCUT2D eigenvalue weighted by Gasteiger charge is -2.24. The molecule has 0 spiro atoms. The highest BCUT2D eigenvalue weighted by Crippen LogP contribution is 2.16. The molecule has 6 heteroatoms. The fraction of sp³-hybridized carbons (Fsp3) is 0.724. The number of hydrogen-bond acceptors (Lipinski definition) is 5. The van der Waals surface area contributed by atoms with Crippen LogP contribution in [0.2, 0.25) is 0 Å². The summed E-state index contributed by atoms with van der Waals surface area (Å²) in [5, 5.41) is 23.7. The summed E-state index contributed by atoms with van der Waals surface area (Å²) in [6.07, 6.45) is 66.5. The Morgan fingerprint density at radius 2 is 0.828 bits per heavy atom. The molecule has 1 amide bonds. The van der Waals surface area contributed by atoms with Gasteiger partial charge in [0.15, 0.2) is 0 Å². The van der Waals surface area contributed by atoms with Gasteiger partial charge in [0.1, 0.15) is 6.10 Å². The third-order valence-corrected chi connectivity index (χ3v) is 11.7. The molecule has 6 nitrogen and oxygen atoms in total. The molecule has 0 aliphatic heterocycles. The van der Waals surface area contributed by atoms with Crippen molar-refractivity contribution in [3.63, 3.8) is 0 Å². The Morgan fingerprint density at radius 1 is 0.469 bits per heavy atom. The van der Waals surface area contributed by atoms with Gasteiger partial charge in [-0.05, 0) is 83.5 Å². The Morgan fingerprint density at radius 3 is 1.28 bits per heavy atom. The van der Waals surface area contributed by atoms with Gasteiger partial charge in [0, 0.05) is 12.8 Å². The number of hydrogen-bond donors (Lipinski definition) is 3. The highest BCUT2D eigenvalue weighted by molar-refractivity contribution is 5.77. The largest absolute Gasteiger partial charge is 0.461 e. The number of ether oxygens (including phenoxy) is 1. The van der Waals surface area contributed by atoms with Crippen molar-refractivity contribution >= 4 is 11.9 Å². The fourth-order valence-corrected chi connectivity index (χ4v) is 7.59. The van der Waals surface area contributed by atoms with E-state index in [-0.39, 0.29) is 24.9 Å². The standard InChI is InChI=1S/C58H101NO5/c1-4-7-10-13-16-19-22-25-27-28-30-33-36-39-42-45-48-51-58(63)64-54(49-46-43-40-37-34-32-29-26-23-20-17-14-11-8-5-2)52-57(62)59-55(53-60)56(61)50-47-44-41-38-35-31-24-21-18-15-12-9-6-3/h16-17,19-20,25-27,29-30,33-34,37,43,46,54-56,60-61H,4-15,18,21-24,28,31-32,35-36,38-42,44-45,47-53H2,1-3H3,(H,59,62)/b19-16-,20-17-,27-25-,29-26-,33-30-,37-34-,46-43-. The summed E-state index contributed by atoms with van der Waals surface area (Å²) < 4.78 is 5.87. The zero-order valence-electron chi connectivity index (χ0n) is 41.9. The van der Waals surface area contributed by atoms with Gasteiger partial charge in [-0.25, -0.2) is 0 Å². The van der Waals surface area contributed by atoms with Crippen molar-refractivity contribution in [3.05, 3.63) is 85.1 Å². The Hall–Kier alpha value is -2.96. The third kappa shape index (κ3) is 45.6. The normalized spacial score (nSPS) is 13.9. The topological polar surface area (TPSA) is 95.9 Å². The first-order valence-electron chi connectivity index (χ1n) is 26.8. The number of carbonyl (C=O) groups excluding carboxylic acids is 2. The van der Waals surface area contributed by atoms with Crippen molar-refractivity contribution in [1.82, 2.24) is 5.32 Å². The number of aliphatic hydroxyl groups excluding tert-OH is 2. The maximum atomic E-state index is 13.2. The van der Waals surface area contributed by atoms with Crippen molar-refractivity contribution in [2.75, 3.05) is 6.61 Å². The molecule has 0 heterocycles. The van der Waals surface area contributed by atoms with Crippen molar-refractivity contribution in [3.8, 4) is 0 Å². The Labute approximate surface area is 395 Å². The molecule has 0 radical (unpaired) electrons. The fourth-order valence-electron chi connectivity index (χ4n) is 7.59. The molecule has 64 heavy (non-hydrogen) atoms. The van der Waals surface area contributed by atoms with Gasteiger partial charge in [0.05, 0.1) is 25.2 Å². The molecule has 368 valence electrons. The summed E-state index contributed by atoms with van der Waals surface area (Å²) >= 11 is 0. The van der Waals surface area contributed by atoms with Crippen LogP contribution in [0, 0.1) is 0 Å². The van der Waals surface area contributed by atoms with Crippen LogP contribution in [0.25, 0.3) is 0 Å². The van der Waals surface area contributed by atoms with Gasteiger partial charge >= 0.3 is 5.97 Å². The van der Waals surface area contributed by atoms with E-state index in [9.17, 15) is 19.8 Å². The summed E-state index contributed by atoms with van der Waals surface area (Å²) in [5.74, 6) is -0.604. The highest BCUT2D eigenvalue weighted by Gasteiger charge is 2.23. The van der Waals surface area contributed by atoms with Crippen LogP contribution in [-0.2, 0) is 14.3 Å². The summed E-state index contributed by atoms with van der Waals surface area (Å²) in [5.41, 5.74) is 0. The zero-order valence-corrected chi connectivity index (χ0v) is 41.9. The maximum absolute atomic E-state index is 13.2. The van der Waals surface area contributed by atoms with Crippen LogP contribution in [0.3, 0.4) is 0 Å². The molecule has 0 bridgehead atoms. The van der Waals surface area contributed by atoms with E-state index in [1.165, 1.54) is 116 Å². The van der Waals surface area contributed by atoms with Crippen molar-refractivity contribution < 1.29 is 24.5 Å². The van der Waals surface area contributed by atoms with Crippen LogP contribution in [0.5, 0.6) is 0 Å². The molecule has 0 fully saturated rings.